The zero-order valence-corrected chi connectivity index (χ0v) is 10.7. The molecule has 6 nitrogen and oxygen atoms in total. The van der Waals surface area contributed by atoms with Crippen molar-refractivity contribution in [1.29, 1.82) is 0 Å². The number of carbonyl (C=O) groups excluding carboxylic acids is 1. The molecule has 0 radical (unpaired) electrons. The third-order valence-electron chi connectivity index (χ3n) is 2.39. The highest BCUT2D eigenvalue weighted by Gasteiger charge is 2.07. The number of hydrazine groups is 1. The summed E-state index contributed by atoms with van der Waals surface area (Å²) in [4.78, 5) is 11.8. The Labute approximate surface area is 115 Å². The van der Waals surface area contributed by atoms with Gasteiger partial charge in [-0.3, -0.25) is 4.79 Å². The van der Waals surface area contributed by atoms with E-state index in [1.54, 1.807) is 18.2 Å². The number of nitrogens with one attached hydrogen (secondary N) is 2. The van der Waals surface area contributed by atoms with E-state index in [1.165, 1.54) is 6.07 Å². The minimum atomic E-state index is -0.309. The number of benzene rings is 1. The van der Waals surface area contributed by atoms with Crippen LogP contribution in [0, 0.1) is 0 Å². The van der Waals surface area contributed by atoms with Crippen LogP contribution in [0.15, 0.2) is 36.4 Å². The fraction of sp³-hybridized carbons (Fsp3) is 0.0833. The van der Waals surface area contributed by atoms with Gasteiger partial charge in [0.15, 0.2) is 11.5 Å². The predicted molar refractivity (Wildman–Crippen MR) is 72.5 cm³/mol. The van der Waals surface area contributed by atoms with Crippen LogP contribution in [0.3, 0.4) is 0 Å². The summed E-state index contributed by atoms with van der Waals surface area (Å²) in [5.41, 5.74) is 3.47. The number of hydrogen-bond acceptors (Lipinski definition) is 5. The maximum atomic E-state index is 11.8. The Hall–Kier alpha value is -2.18. The van der Waals surface area contributed by atoms with Crippen molar-refractivity contribution < 1.29 is 4.79 Å². The Balaban J connectivity index is 1.97. The Bertz CT molecular complexity index is 573. The van der Waals surface area contributed by atoms with Crippen LogP contribution in [0.5, 0.6) is 0 Å². The average molecular weight is 278 g/mol. The van der Waals surface area contributed by atoms with Gasteiger partial charge in [0.1, 0.15) is 0 Å². The van der Waals surface area contributed by atoms with Gasteiger partial charge in [-0.25, -0.2) is 5.84 Å². The first-order valence-corrected chi connectivity index (χ1v) is 5.90. The Morgan fingerprint density at radius 3 is 2.74 bits per heavy atom. The monoisotopic (exact) mass is 277 g/mol. The van der Waals surface area contributed by atoms with Crippen molar-refractivity contribution in [3.63, 3.8) is 0 Å². The van der Waals surface area contributed by atoms with E-state index >= 15 is 0 Å². The highest BCUT2D eigenvalue weighted by atomic mass is 35.5. The van der Waals surface area contributed by atoms with E-state index in [9.17, 15) is 4.79 Å². The standard InChI is InChI=1S/C12H12ClN5O/c13-9-3-1-2-8(6-9)7-15-12(19)10-4-5-11(16-14)18-17-10/h1-6H,7,14H2,(H,15,19)(H,16,18). The van der Waals surface area contributed by atoms with Gasteiger partial charge in [-0.15, -0.1) is 10.2 Å². The molecule has 1 aromatic heterocycles. The first-order valence-electron chi connectivity index (χ1n) is 5.52. The molecule has 1 aromatic carbocycles. The Morgan fingerprint density at radius 1 is 1.26 bits per heavy atom. The quantitative estimate of drug-likeness (QED) is 0.579. The van der Waals surface area contributed by atoms with Crippen molar-refractivity contribution in [1.82, 2.24) is 15.5 Å². The first-order chi connectivity index (χ1) is 9.19. The van der Waals surface area contributed by atoms with E-state index < -0.39 is 0 Å². The molecule has 0 bridgehead atoms. The molecule has 0 saturated heterocycles. The molecule has 7 heteroatoms. The van der Waals surface area contributed by atoms with Crippen LogP contribution in [0.1, 0.15) is 16.1 Å². The number of rotatable bonds is 4. The molecular weight excluding hydrogens is 266 g/mol. The second kappa shape index (κ2) is 6.12. The van der Waals surface area contributed by atoms with Crippen molar-refractivity contribution in [3.05, 3.63) is 52.7 Å². The van der Waals surface area contributed by atoms with E-state index in [-0.39, 0.29) is 11.6 Å². The van der Waals surface area contributed by atoms with Crippen LogP contribution in [-0.4, -0.2) is 16.1 Å². The van der Waals surface area contributed by atoms with Crippen LogP contribution in [-0.2, 0) is 6.54 Å². The lowest BCUT2D eigenvalue weighted by atomic mass is 10.2. The smallest absolute Gasteiger partial charge is 0.272 e. The number of anilines is 1. The third-order valence-corrected chi connectivity index (χ3v) is 2.62. The van der Waals surface area contributed by atoms with Gasteiger partial charge >= 0.3 is 0 Å². The number of nitrogens with zero attached hydrogens (tertiary/aromatic N) is 2. The number of nitrogens with two attached hydrogens (primary N) is 1. The van der Waals surface area contributed by atoms with Crippen LogP contribution >= 0.6 is 11.6 Å². The van der Waals surface area contributed by atoms with Gasteiger partial charge in [-0.2, -0.15) is 0 Å². The van der Waals surface area contributed by atoms with Gasteiger partial charge in [-0.05, 0) is 29.8 Å². The summed E-state index contributed by atoms with van der Waals surface area (Å²) >= 11 is 5.86. The number of nitrogen functional groups attached to an aromatic ring is 1. The minimum Gasteiger partial charge on any atom is -0.347 e. The molecule has 19 heavy (non-hydrogen) atoms. The normalized spacial score (nSPS) is 10.0. The molecule has 0 aliphatic rings. The average Bonchev–Trinajstić information content (AvgIpc) is 2.45. The van der Waals surface area contributed by atoms with Crippen molar-refractivity contribution in [2.75, 3.05) is 5.43 Å². The fourth-order valence-electron chi connectivity index (χ4n) is 1.45. The molecule has 1 heterocycles. The lowest BCUT2D eigenvalue weighted by molar-refractivity contribution is 0.0945. The summed E-state index contributed by atoms with van der Waals surface area (Å²) in [6, 6.07) is 10.4. The summed E-state index contributed by atoms with van der Waals surface area (Å²) in [5.74, 6) is 5.24. The molecule has 4 N–H and O–H groups in total. The molecule has 1 amide bonds. The summed E-state index contributed by atoms with van der Waals surface area (Å²) in [6.45, 7) is 0.373. The van der Waals surface area contributed by atoms with E-state index in [4.69, 9.17) is 17.4 Å². The molecule has 0 aliphatic heterocycles. The highest BCUT2D eigenvalue weighted by molar-refractivity contribution is 6.30. The van der Waals surface area contributed by atoms with Gasteiger partial charge in [0.2, 0.25) is 0 Å². The summed E-state index contributed by atoms with van der Waals surface area (Å²) < 4.78 is 0. The summed E-state index contributed by atoms with van der Waals surface area (Å²) in [5, 5.41) is 10.8. The van der Waals surface area contributed by atoms with E-state index in [0.29, 0.717) is 17.4 Å². The van der Waals surface area contributed by atoms with Gasteiger partial charge in [0.25, 0.3) is 5.91 Å². The van der Waals surface area contributed by atoms with Crippen molar-refractivity contribution in [3.8, 4) is 0 Å². The van der Waals surface area contributed by atoms with Gasteiger partial charge in [0, 0.05) is 11.6 Å². The van der Waals surface area contributed by atoms with Gasteiger partial charge in [0.05, 0.1) is 0 Å². The van der Waals surface area contributed by atoms with Crippen LogP contribution in [0.2, 0.25) is 5.02 Å². The number of halogens is 1. The minimum absolute atomic E-state index is 0.223. The molecule has 0 unspecified atom stereocenters. The molecule has 0 atom stereocenters. The first kappa shape index (κ1) is 13.3. The third kappa shape index (κ3) is 3.64. The van der Waals surface area contributed by atoms with Crippen molar-refractivity contribution in [2.24, 2.45) is 5.84 Å². The Kier molecular flexibility index (Phi) is 4.27. The zero-order chi connectivity index (χ0) is 13.7. The maximum absolute atomic E-state index is 11.8. The number of hydrogen-bond donors (Lipinski definition) is 3. The molecule has 0 saturated carbocycles. The molecular formula is C12H12ClN5O. The second-order valence-corrected chi connectivity index (χ2v) is 4.20. The van der Waals surface area contributed by atoms with Crippen molar-refractivity contribution in [2.45, 2.75) is 6.54 Å². The van der Waals surface area contributed by atoms with Crippen molar-refractivity contribution >= 4 is 23.3 Å². The van der Waals surface area contributed by atoms with E-state index in [0.717, 1.165) is 5.56 Å². The van der Waals surface area contributed by atoms with E-state index in [1.807, 2.05) is 12.1 Å². The number of carbonyl (C=O) groups is 1. The second-order valence-electron chi connectivity index (χ2n) is 3.76. The van der Waals surface area contributed by atoms with E-state index in [2.05, 4.69) is 20.9 Å². The maximum Gasteiger partial charge on any atom is 0.272 e. The SMILES string of the molecule is NNc1ccc(C(=O)NCc2cccc(Cl)c2)nn1. The fourth-order valence-corrected chi connectivity index (χ4v) is 1.66. The largest absolute Gasteiger partial charge is 0.347 e. The highest BCUT2D eigenvalue weighted by Crippen LogP contribution is 2.10. The lowest BCUT2D eigenvalue weighted by Gasteiger charge is -2.05. The molecule has 98 valence electrons. The van der Waals surface area contributed by atoms with Crippen LogP contribution in [0.25, 0.3) is 0 Å². The number of aromatic nitrogens is 2. The zero-order valence-electron chi connectivity index (χ0n) is 9.93. The van der Waals surface area contributed by atoms with Gasteiger partial charge < -0.3 is 10.7 Å². The molecule has 2 rings (SSSR count). The molecule has 0 aliphatic carbocycles. The number of amides is 1. The Morgan fingerprint density at radius 2 is 2.11 bits per heavy atom. The summed E-state index contributed by atoms with van der Waals surface area (Å²) in [6.07, 6.45) is 0. The molecule has 2 aromatic rings. The predicted octanol–water partition coefficient (Wildman–Crippen LogP) is 1.35. The topological polar surface area (TPSA) is 92.9 Å². The van der Waals surface area contributed by atoms with Crippen LogP contribution < -0.4 is 16.6 Å². The lowest BCUT2D eigenvalue weighted by Crippen LogP contribution is -2.24. The van der Waals surface area contributed by atoms with Crippen LogP contribution in [0.4, 0.5) is 5.82 Å². The molecule has 0 spiro atoms. The summed E-state index contributed by atoms with van der Waals surface area (Å²) in [7, 11) is 0. The van der Waals surface area contributed by atoms with Gasteiger partial charge in [-0.1, -0.05) is 23.7 Å². The molecule has 0 fully saturated rings.